The molecule has 12 heteroatoms. The van der Waals surface area contributed by atoms with E-state index in [2.05, 4.69) is 42.7 Å². The number of carbonyl (C=O) groups is 3. The van der Waals surface area contributed by atoms with Crippen LogP contribution >= 0.6 is 7.82 Å². The Kier molecular flexibility index (Phi) is 41.2. The Morgan fingerprint density at radius 1 is 0.525 bits per heavy atom. The number of rotatable bonds is 45. The van der Waals surface area contributed by atoms with Crippen LogP contribution in [0.15, 0.2) is 24.3 Å². The van der Waals surface area contributed by atoms with Crippen LogP contribution in [0.1, 0.15) is 226 Å². The van der Waals surface area contributed by atoms with Gasteiger partial charge in [0.1, 0.15) is 12.6 Å². The number of hydrogen-bond donors (Lipinski definition) is 3. The lowest BCUT2D eigenvalue weighted by atomic mass is 10.0. The third-order valence-electron chi connectivity index (χ3n) is 10.5. The summed E-state index contributed by atoms with van der Waals surface area (Å²) in [6.07, 6.45) is 45.2. The third-order valence-corrected chi connectivity index (χ3v) is 11.4. The highest BCUT2D eigenvalue weighted by Crippen LogP contribution is 2.43. The third kappa shape index (κ3) is 42.4. The smallest absolute Gasteiger partial charge is 0.472 e. The molecule has 3 atom stereocenters. The second-order valence-electron chi connectivity index (χ2n) is 16.2. The summed E-state index contributed by atoms with van der Waals surface area (Å²) in [5.41, 5.74) is 5.34. The van der Waals surface area contributed by atoms with E-state index in [1.807, 2.05) is 0 Å². The number of carbonyl (C=O) groups excluding carboxylic acids is 2. The van der Waals surface area contributed by atoms with Crippen LogP contribution in [-0.2, 0) is 37.5 Å². The molecule has 0 radical (unpaired) electrons. The maximum absolute atomic E-state index is 12.7. The molecule has 0 aromatic carbocycles. The number of ether oxygens (including phenoxy) is 2. The molecule has 11 nitrogen and oxygen atoms in total. The van der Waals surface area contributed by atoms with Gasteiger partial charge in [-0.15, -0.1) is 0 Å². The van der Waals surface area contributed by atoms with Crippen molar-refractivity contribution < 1.29 is 47.5 Å². The minimum absolute atomic E-state index is 0.159. The van der Waals surface area contributed by atoms with Gasteiger partial charge in [-0.2, -0.15) is 0 Å². The zero-order valence-electron chi connectivity index (χ0n) is 37.6. The lowest BCUT2D eigenvalue weighted by molar-refractivity contribution is -0.161. The minimum atomic E-state index is -4.72. The van der Waals surface area contributed by atoms with Crippen LogP contribution in [0.3, 0.4) is 0 Å². The summed E-state index contributed by atoms with van der Waals surface area (Å²) in [6.45, 7) is 2.81. The summed E-state index contributed by atoms with van der Waals surface area (Å²) in [7, 11) is -4.72. The molecule has 4 N–H and O–H groups in total. The molecule has 0 amide bonds. The van der Waals surface area contributed by atoms with Crippen LogP contribution in [0, 0.1) is 0 Å². The number of unbranched alkanes of at least 4 members (excludes halogenated alkanes) is 27. The number of esters is 2. The van der Waals surface area contributed by atoms with E-state index in [0.717, 1.165) is 51.4 Å². The van der Waals surface area contributed by atoms with Gasteiger partial charge in [0, 0.05) is 12.8 Å². The molecule has 0 fully saturated rings. The standard InChI is InChI=1S/C47H88NO10P/c1-3-5-7-9-11-13-15-17-19-21-22-23-25-27-29-31-33-35-37-39-46(50)58-43(41-56-59(53,54)57-42-44(48)47(51)52)40-55-45(49)38-36-34-32-30-28-26-24-20-18-16-14-12-10-8-6-4-2/h11,13,17,19,43-44H,3-10,12,14-16,18,20-42,48H2,1-2H3,(H,51,52)(H,53,54)/b13-11-,19-17-. The molecule has 0 aliphatic rings. The number of carboxylic acid groups (broad SMARTS) is 1. The Morgan fingerprint density at radius 2 is 0.898 bits per heavy atom. The number of hydrogen-bond acceptors (Lipinski definition) is 9. The topological polar surface area (TPSA) is 172 Å². The fourth-order valence-corrected chi connectivity index (χ4v) is 7.46. The van der Waals surface area contributed by atoms with Gasteiger partial charge in [0.25, 0.3) is 0 Å². The largest absolute Gasteiger partial charge is 0.480 e. The lowest BCUT2D eigenvalue weighted by Crippen LogP contribution is -2.34. The Bertz CT molecular complexity index is 1100. The average molecular weight is 858 g/mol. The molecule has 0 saturated heterocycles. The number of carboxylic acids is 1. The van der Waals surface area contributed by atoms with Crippen LogP contribution < -0.4 is 5.73 Å². The van der Waals surface area contributed by atoms with E-state index in [4.69, 9.17) is 24.8 Å². The van der Waals surface area contributed by atoms with Crippen LogP contribution in [0.5, 0.6) is 0 Å². The molecule has 0 rings (SSSR count). The maximum atomic E-state index is 12.7. The average Bonchev–Trinajstić information content (AvgIpc) is 3.21. The predicted molar refractivity (Wildman–Crippen MR) is 240 cm³/mol. The highest BCUT2D eigenvalue weighted by molar-refractivity contribution is 7.47. The van der Waals surface area contributed by atoms with E-state index < -0.39 is 51.1 Å². The van der Waals surface area contributed by atoms with E-state index >= 15 is 0 Å². The Balaban J connectivity index is 4.28. The van der Waals surface area contributed by atoms with Gasteiger partial charge < -0.3 is 25.2 Å². The van der Waals surface area contributed by atoms with E-state index in [0.29, 0.717) is 12.8 Å². The van der Waals surface area contributed by atoms with Crippen molar-refractivity contribution in [3.8, 4) is 0 Å². The van der Waals surface area contributed by atoms with Gasteiger partial charge in [-0.1, -0.05) is 192 Å². The van der Waals surface area contributed by atoms with Crippen molar-refractivity contribution in [1.82, 2.24) is 0 Å². The molecule has 3 unspecified atom stereocenters. The number of phosphoric acid groups is 1. The van der Waals surface area contributed by atoms with Gasteiger partial charge in [-0.05, 0) is 44.9 Å². The molecule has 346 valence electrons. The molecular weight excluding hydrogens is 769 g/mol. The molecule has 0 aliphatic carbocycles. The van der Waals surface area contributed by atoms with Gasteiger partial charge in [0.05, 0.1) is 13.2 Å². The van der Waals surface area contributed by atoms with Crippen molar-refractivity contribution in [2.75, 3.05) is 19.8 Å². The van der Waals surface area contributed by atoms with Gasteiger partial charge in [0.2, 0.25) is 0 Å². The van der Waals surface area contributed by atoms with Crippen molar-refractivity contribution in [2.45, 2.75) is 238 Å². The summed E-state index contributed by atoms with van der Waals surface area (Å²) in [5, 5.41) is 8.90. The first-order chi connectivity index (χ1) is 28.6. The predicted octanol–water partition coefficient (Wildman–Crippen LogP) is 13.0. The lowest BCUT2D eigenvalue weighted by Gasteiger charge is -2.20. The molecule has 0 bridgehead atoms. The number of aliphatic carboxylic acids is 1. The summed E-state index contributed by atoms with van der Waals surface area (Å²) in [4.78, 5) is 46.1. The Labute approximate surface area is 360 Å². The highest BCUT2D eigenvalue weighted by Gasteiger charge is 2.28. The molecule has 0 saturated carbocycles. The fraction of sp³-hybridized carbons (Fsp3) is 0.851. The van der Waals surface area contributed by atoms with Gasteiger partial charge in [-0.3, -0.25) is 23.4 Å². The SMILES string of the molecule is CCCCC/C=C\C/C=C\CCCCCCCCCCCC(=O)OC(COC(=O)CCCCCCCCCCCCCCCCCC)COP(=O)(O)OCC(N)C(=O)O. The second kappa shape index (κ2) is 42.6. The molecule has 0 spiro atoms. The Morgan fingerprint density at radius 3 is 1.36 bits per heavy atom. The quantitative estimate of drug-likeness (QED) is 0.0230. The van der Waals surface area contributed by atoms with Crippen LogP contribution in [0.4, 0.5) is 0 Å². The first-order valence-corrected chi connectivity index (χ1v) is 25.4. The van der Waals surface area contributed by atoms with E-state index in [1.54, 1.807) is 0 Å². The van der Waals surface area contributed by atoms with Crippen molar-refractivity contribution in [3.63, 3.8) is 0 Å². The molecule has 0 aromatic heterocycles. The highest BCUT2D eigenvalue weighted by atomic mass is 31.2. The minimum Gasteiger partial charge on any atom is -0.480 e. The van der Waals surface area contributed by atoms with E-state index in [1.165, 1.54) is 135 Å². The van der Waals surface area contributed by atoms with Crippen molar-refractivity contribution in [3.05, 3.63) is 24.3 Å². The normalized spacial score (nSPS) is 13.8. The zero-order chi connectivity index (χ0) is 43.5. The molecule has 0 heterocycles. The first kappa shape index (κ1) is 57.0. The fourth-order valence-electron chi connectivity index (χ4n) is 6.68. The van der Waals surface area contributed by atoms with E-state index in [9.17, 15) is 23.8 Å². The van der Waals surface area contributed by atoms with Crippen LogP contribution in [0.2, 0.25) is 0 Å². The van der Waals surface area contributed by atoms with Crippen molar-refractivity contribution in [1.29, 1.82) is 0 Å². The van der Waals surface area contributed by atoms with Gasteiger partial charge in [-0.25, -0.2) is 4.57 Å². The van der Waals surface area contributed by atoms with Crippen LogP contribution in [-0.4, -0.2) is 59.9 Å². The summed E-state index contributed by atoms with van der Waals surface area (Å²) >= 11 is 0. The summed E-state index contributed by atoms with van der Waals surface area (Å²) in [6, 6.07) is -1.52. The first-order valence-electron chi connectivity index (χ1n) is 23.9. The molecular formula is C47H88NO10P. The monoisotopic (exact) mass is 858 g/mol. The zero-order valence-corrected chi connectivity index (χ0v) is 38.5. The van der Waals surface area contributed by atoms with Gasteiger partial charge >= 0.3 is 25.7 Å². The van der Waals surface area contributed by atoms with Crippen molar-refractivity contribution in [2.24, 2.45) is 5.73 Å². The number of phosphoric ester groups is 1. The number of allylic oxidation sites excluding steroid dienone is 4. The molecule has 0 aromatic rings. The van der Waals surface area contributed by atoms with Crippen molar-refractivity contribution >= 4 is 25.7 Å². The summed E-state index contributed by atoms with van der Waals surface area (Å²) < 4.78 is 32.8. The second-order valence-corrected chi connectivity index (χ2v) is 17.7. The Hall–Kier alpha value is -2.04. The van der Waals surface area contributed by atoms with Gasteiger partial charge in [0.15, 0.2) is 6.10 Å². The molecule has 59 heavy (non-hydrogen) atoms. The summed E-state index contributed by atoms with van der Waals surface area (Å²) in [5.74, 6) is -2.37. The number of nitrogens with two attached hydrogens (primary N) is 1. The maximum Gasteiger partial charge on any atom is 0.472 e. The van der Waals surface area contributed by atoms with Crippen LogP contribution in [0.25, 0.3) is 0 Å². The van der Waals surface area contributed by atoms with E-state index in [-0.39, 0.29) is 19.4 Å². The molecule has 0 aliphatic heterocycles.